The lowest BCUT2D eigenvalue weighted by molar-refractivity contribution is -0.118. The number of halogens is 1. The molecular formula is C20H19FN2O3S. The molecule has 27 heavy (non-hydrogen) atoms. The molecule has 0 saturated carbocycles. The number of amides is 1. The zero-order valence-electron chi connectivity index (χ0n) is 14.8. The second-order valence-corrected chi connectivity index (χ2v) is 6.60. The molecule has 0 fully saturated rings. The van der Waals surface area contributed by atoms with E-state index in [-0.39, 0.29) is 12.4 Å². The van der Waals surface area contributed by atoms with Gasteiger partial charge in [0, 0.05) is 18.1 Å². The summed E-state index contributed by atoms with van der Waals surface area (Å²) in [6, 6.07) is 14.0. The molecule has 0 aliphatic carbocycles. The van der Waals surface area contributed by atoms with Crippen LogP contribution in [0.4, 0.5) is 9.52 Å². The van der Waals surface area contributed by atoms with E-state index in [4.69, 9.17) is 9.47 Å². The van der Waals surface area contributed by atoms with E-state index in [2.05, 4.69) is 10.3 Å². The molecule has 0 spiro atoms. The quantitative estimate of drug-likeness (QED) is 0.632. The molecule has 0 radical (unpaired) electrons. The summed E-state index contributed by atoms with van der Waals surface area (Å²) in [4.78, 5) is 16.4. The largest absolute Gasteiger partial charge is 0.481 e. The number of methoxy groups -OCH3 is 1. The van der Waals surface area contributed by atoms with Crippen LogP contribution >= 0.6 is 11.3 Å². The van der Waals surface area contributed by atoms with Gasteiger partial charge in [-0.1, -0.05) is 36.4 Å². The Morgan fingerprint density at radius 2 is 1.96 bits per heavy atom. The van der Waals surface area contributed by atoms with E-state index in [1.165, 1.54) is 29.0 Å². The summed E-state index contributed by atoms with van der Waals surface area (Å²) in [5.41, 5.74) is 2.94. The predicted octanol–water partition coefficient (Wildman–Crippen LogP) is 4.16. The van der Waals surface area contributed by atoms with Crippen molar-refractivity contribution in [2.45, 2.75) is 6.42 Å². The molecule has 140 valence electrons. The number of benzene rings is 2. The maximum Gasteiger partial charge on any atom is 0.264 e. The number of carbonyl (C=O) groups excluding carboxylic acids is 1. The number of carbonyl (C=O) groups is 1. The molecule has 0 aliphatic rings. The number of thiazole rings is 1. The van der Waals surface area contributed by atoms with Crippen LogP contribution in [-0.4, -0.2) is 31.2 Å². The molecule has 1 heterocycles. The Bertz CT molecular complexity index is 896. The zero-order valence-corrected chi connectivity index (χ0v) is 15.6. The van der Waals surface area contributed by atoms with E-state index in [1.807, 2.05) is 29.6 Å². The number of anilines is 1. The van der Waals surface area contributed by atoms with Gasteiger partial charge in [0.05, 0.1) is 12.3 Å². The molecule has 0 bridgehead atoms. The van der Waals surface area contributed by atoms with Crippen LogP contribution in [0.5, 0.6) is 5.75 Å². The second-order valence-electron chi connectivity index (χ2n) is 5.74. The van der Waals surface area contributed by atoms with Gasteiger partial charge in [-0.25, -0.2) is 9.37 Å². The summed E-state index contributed by atoms with van der Waals surface area (Å²) in [7, 11) is 1.68. The minimum atomic E-state index is -0.504. The van der Waals surface area contributed by atoms with Crippen LogP contribution in [0, 0.1) is 5.82 Å². The minimum Gasteiger partial charge on any atom is -0.481 e. The van der Waals surface area contributed by atoms with Gasteiger partial charge in [0.2, 0.25) is 0 Å². The number of para-hydroxylation sites is 1. The number of nitrogens with zero attached hydrogens (tertiary/aromatic N) is 1. The van der Waals surface area contributed by atoms with E-state index in [0.29, 0.717) is 11.7 Å². The fraction of sp³-hybridized carbons (Fsp3) is 0.200. The van der Waals surface area contributed by atoms with Crippen LogP contribution in [0.1, 0.15) is 5.56 Å². The average molecular weight is 386 g/mol. The highest BCUT2D eigenvalue weighted by Crippen LogP contribution is 2.25. The molecule has 7 heteroatoms. The van der Waals surface area contributed by atoms with Crippen LogP contribution in [0.15, 0.2) is 53.9 Å². The molecular weight excluding hydrogens is 367 g/mol. The predicted molar refractivity (Wildman–Crippen MR) is 104 cm³/mol. The molecule has 3 rings (SSSR count). The highest BCUT2D eigenvalue weighted by molar-refractivity contribution is 7.14. The summed E-state index contributed by atoms with van der Waals surface area (Å²) < 4.78 is 23.7. The third-order valence-electron chi connectivity index (χ3n) is 3.79. The monoisotopic (exact) mass is 386 g/mol. The van der Waals surface area contributed by atoms with E-state index in [1.54, 1.807) is 19.2 Å². The average Bonchev–Trinajstić information content (AvgIpc) is 3.14. The maximum atomic E-state index is 13.5. The standard InChI is InChI=1S/C20H19FN2O3S/c1-25-11-10-14-6-8-15(9-7-14)17-13-27-20(22-17)23-19(24)12-26-18-5-3-2-4-16(18)21/h2-9,13H,10-12H2,1H3,(H,22,23,24). The molecule has 1 aromatic heterocycles. The number of nitrogens with one attached hydrogen (secondary N) is 1. The first kappa shape index (κ1) is 19.0. The highest BCUT2D eigenvalue weighted by Gasteiger charge is 2.10. The summed E-state index contributed by atoms with van der Waals surface area (Å²) in [6.45, 7) is 0.394. The number of rotatable bonds is 8. The van der Waals surface area contributed by atoms with Crippen molar-refractivity contribution in [3.63, 3.8) is 0 Å². The Morgan fingerprint density at radius 3 is 2.70 bits per heavy atom. The summed E-state index contributed by atoms with van der Waals surface area (Å²) in [6.07, 6.45) is 0.858. The molecule has 0 atom stereocenters. The van der Waals surface area contributed by atoms with Crippen molar-refractivity contribution in [3.05, 3.63) is 65.3 Å². The number of hydrogen-bond acceptors (Lipinski definition) is 5. The first-order chi connectivity index (χ1) is 13.2. The van der Waals surface area contributed by atoms with Crippen molar-refractivity contribution in [3.8, 4) is 17.0 Å². The van der Waals surface area contributed by atoms with Gasteiger partial charge in [0.1, 0.15) is 0 Å². The third kappa shape index (κ3) is 5.35. The van der Waals surface area contributed by atoms with Crippen LogP contribution in [0.3, 0.4) is 0 Å². The molecule has 2 aromatic carbocycles. The van der Waals surface area contributed by atoms with Gasteiger partial charge < -0.3 is 9.47 Å². The second kappa shape index (κ2) is 9.25. The van der Waals surface area contributed by atoms with Crippen LogP contribution in [-0.2, 0) is 16.0 Å². The Kier molecular flexibility index (Phi) is 6.51. The molecule has 3 aromatic rings. The van der Waals surface area contributed by atoms with Gasteiger partial charge in [-0.15, -0.1) is 11.3 Å². The minimum absolute atomic E-state index is 0.0426. The Balaban J connectivity index is 1.55. The van der Waals surface area contributed by atoms with Crippen LogP contribution in [0.25, 0.3) is 11.3 Å². The molecule has 0 unspecified atom stereocenters. The number of aromatic nitrogens is 1. The Hall–Kier alpha value is -2.77. The van der Waals surface area contributed by atoms with Crippen molar-refractivity contribution in [1.82, 2.24) is 4.98 Å². The maximum absolute atomic E-state index is 13.5. The van der Waals surface area contributed by atoms with E-state index < -0.39 is 11.7 Å². The van der Waals surface area contributed by atoms with Gasteiger partial charge >= 0.3 is 0 Å². The lowest BCUT2D eigenvalue weighted by Crippen LogP contribution is -2.20. The molecule has 0 saturated heterocycles. The van der Waals surface area contributed by atoms with E-state index in [9.17, 15) is 9.18 Å². The smallest absolute Gasteiger partial charge is 0.264 e. The SMILES string of the molecule is COCCc1ccc(-c2csc(NC(=O)COc3ccccc3F)n2)cc1. The fourth-order valence-electron chi connectivity index (χ4n) is 2.39. The highest BCUT2D eigenvalue weighted by atomic mass is 32.1. The van der Waals surface area contributed by atoms with Crippen LogP contribution in [0.2, 0.25) is 0 Å². The van der Waals surface area contributed by atoms with Crippen LogP contribution < -0.4 is 10.1 Å². The zero-order chi connectivity index (χ0) is 19.1. The Labute approximate surface area is 160 Å². The van der Waals surface area contributed by atoms with Gasteiger partial charge in [0.25, 0.3) is 5.91 Å². The lowest BCUT2D eigenvalue weighted by Gasteiger charge is -2.06. The number of ether oxygens (including phenoxy) is 2. The molecule has 0 aliphatic heterocycles. The topological polar surface area (TPSA) is 60.5 Å². The van der Waals surface area contributed by atoms with Gasteiger partial charge in [-0.05, 0) is 24.1 Å². The molecule has 5 nitrogen and oxygen atoms in total. The number of hydrogen-bond donors (Lipinski definition) is 1. The van der Waals surface area contributed by atoms with Crippen molar-refractivity contribution in [1.29, 1.82) is 0 Å². The van der Waals surface area contributed by atoms with Gasteiger partial charge in [-0.3, -0.25) is 10.1 Å². The van der Waals surface area contributed by atoms with Crippen molar-refractivity contribution >= 4 is 22.4 Å². The van der Waals surface area contributed by atoms with Gasteiger partial charge in [-0.2, -0.15) is 0 Å². The molecule has 1 N–H and O–H groups in total. The summed E-state index contributed by atoms with van der Waals surface area (Å²) >= 11 is 1.32. The van der Waals surface area contributed by atoms with Crippen molar-refractivity contribution in [2.24, 2.45) is 0 Å². The van der Waals surface area contributed by atoms with Crippen molar-refractivity contribution in [2.75, 3.05) is 25.6 Å². The lowest BCUT2D eigenvalue weighted by atomic mass is 10.1. The first-order valence-electron chi connectivity index (χ1n) is 8.36. The molecule has 1 amide bonds. The first-order valence-corrected chi connectivity index (χ1v) is 9.24. The van der Waals surface area contributed by atoms with E-state index >= 15 is 0 Å². The fourth-order valence-corrected chi connectivity index (χ4v) is 3.12. The van der Waals surface area contributed by atoms with E-state index in [0.717, 1.165) is 17.7 Å². The summed E-state index contributed by atoms with van der Waals surface area (Å²) in [5.74, 6) is -0.856. The third-order valence-corrected chi connectivity index (χ3v) is 4.55. The van der Waals surface area contributed by atoms with Crippen molar-refractivity contribution < 1.29 is 18.7 Å². The Morgan fingerprint density at radius 1 is 1.19 bits per heavy atom. The van der Waals surface area contributed by atoms with Gasteiger partial charge in [0.15, 0.2) is 23.3 Å². The summed E-state index contributed by atoms with van der Waals surface area (Å²) in [5, 5.41) is 5.01. The normalized spacial score (nSPS) is 10.6.